The molecule has 0 aliphatic carbocycles. The number of nitrogens with two attached hydrogens (primary N) is 1. The van der Waals surface area contributed by atoms with Crippen LogP contribution in [0, 0.1) is 0 Å². The van der Waals surface area contributed by atoms with Crippen molar-refractivity contribution in [2.45, 2.75) is 6.42 Å². The summed E-state index contributed by atoms with van der Waals surface area (Å²) in [5.74, 6) is 1.24. The maximum absolute atomic E-state index is 10.9. The van der Waals surface area contributed by atoms with Crippen LogP contribution in [-0.2, 0) is 14.3 Å². The first-order chi connectivity index (χ1) is 7.11. The predicted molar refractivity (Wildman–Crippen MR) is 56.3 cm³/mol. The maximum Gasteiger partial charge on any atom is 0.278 e. The Balaban J connectivity index is 3.73. The number of rotatable bonds is 6. The number of hydrogen-bond acceptors (Lipinski definition) is 4. The predicted octanol–water partition coefficient (Wildman–Crippen LogP) is -0.117. The monoisotopic (exact) mass is 210 g/mol. The third-order valence-electron chi connectivity index (χ3n) is 1.52. The topological polar surface area (TPSA) is 81.4 Å². The number of nitrogens with one attached hydrogen (secondary N) is 1. The SMILES string of the molecule is C=C(/C=C/CCNC(=O)C(N)=C=O)OC. The second-order valence-electron chi connectivity index (χ2n) is 2.63. The van der Waals surface area contributed by atoms with E-state index in [1.165, 1.54) is 13.1 Å². The summed E-state index contributed by atoms with van der Waals surface area (Å²) in [6.45, 7) is 3.96. The third kappa shape index (κ3) is 6.12. The second-order valence-corrected chi connectivity index (χ2v) is 2.63. The molecule has 0 fully saturated rings. The number of carbonyl (C=O) groups is 1. The molecule has 0 aromatic heterocycles. The number of carbonyl (C=O) groups excluding carboxylic acids is 2. The van der Waals surface area contributed by atoms with E-state index in [4.69, 9.17) is 10.5 Å². The van der Waals surface area contributed by atoms with Crippen LogP contribution < -0.4 is 11.1 Å². The van der Waals surface area contributed by atoms with E-state index in [2.05, 4.69) is 11.9 Å². The minimum absolute atomic E-state index is 0.384. The zero-order valence-corrected chi connectivity index (χ0v) is 8.58. The Hall–Kier alpha value is -2.00. The molecule has 0 atom stereocenters. The zero-order chi connectivity index (χ0) is 11.7. The molecule has 0 radical (unpaired) electrons. The lowest BCUT2D eigenvalue weighted by atomic mass is 10.3. The molecule has 0 rings (SSSR count). The van der Waals surface area contributed by atoms with Crippen LogP contribution in [0.3, 0.4) is 0 Å². The van der Waals surface area contributed by atoms with Gasteiger partial charge in [0.1, 0.15) is 5.76 Å². The minimum Gasteiger partial charge on any atom is -0.497 e. The smallest absolute Gasteiger partial charge is 0.278 e. The first-order valence-electron chi connectivity index (χ1n) is 4.30. The van der Waals surface area contributed by atoms with Crippen molar-refractivity contribution in [1.29, 1.82) is 0 Å². The largest absolute Gasteiger partial charge is 0.497 e. The molecule has 82 valence electrons. The Morgan fingerprint density at radius 3 is 2.87 bits per heavy atom. The summed E-state index contributed by atoms with van der Waals surface area (Å²) in [4.78, 5) is 20.9. The van der Waals surface area contributed by atoms with Crippen molar-refractivity contribution in [2.75, 3.05) is 13.7 Å². The maximum atomic E-state index is 10.9. The van der Waals surface area contributed by atoms with Crippen molar-refractivity contribution in [1.82, 2.24) is 5.32 Å². The van der Waals surface area contributed by atoms with E-state index in [-0.39, 0.29) is 0 Å². The van der Waals surface area contributed by atoms with E-state index in [9.17, 15) is 9.59 Å². The van der Waals surface area contributed by atoms with Gasteiger partial charge in [0, 0.05) is 6.54 Å². The summed E-state index contributed by atoms with van der Waals surface area (Å²) in [5.41, 5.74) is 4.59. The number of allylic oxidation sites excluding steroid dienone is 1. The number of ether oxygens (including phenoxy) is 1. The lowest BCUT2D eigenvalue weighted by Gasteiger charge is -2.00. The van der Waals surface area contributed by atoms with Gasteiger partial charge in [0.15, 0.2) is 11.6 Å². The van der Waals surface area contributed by atoms with Crippen molar-refractivity contribution >= 4 is 11.8 Å². The summed E-state index contributed by atoms with van der Waals surface area (Å²) in [6.07, 6.45) is 4.07. The fraction of sp³-hybridized carbons (Fsp3) is 0.300. The van der Waals surface area contributed by atoms with Crippen molar-refractivity contribution in [3.05, 3.63) is 30.2 Å². The van der Waals surface area contributed by atoms with E-state index in [1.54, 1.807) is 12.2 Å². The summed E-state index contributed by atoms with van der Waals surface area (Å²) in [6, 6.07) is 0. The highest BCUT2D eigenvalue weighted by Gasteiger charge is 2.02. The number of amides is 1. The number of methoxy groups -OCH3 is 1. The average molecular weight is 210 g/mol. The molecule has 0 aliphatic heterocycles. The van der Waals surface area contributed by atoms with Gasteiger partial charge in [0.25, 0.3) is 5.91 Å². The summed E-state index contributed by atoms with van der Waals surface area (Å²) < 4.78 is 4.79. The van der Waals surface area contributed by atoms with Crippen molar-refractivity contribution in [3.8, 4) is 0 Å². The van der Waals surface area contributed by atoms with Crippen LogP contribution in [0.2, 0.25) is 0 Å². The molecule has 0 heterocycles. The molecule has 0 unspecified atom stereocenters. The van der Waals surface area contributed by atoms with Crippen LogP contribution in [0.5, 0.6) is 0 Å². The molecule has 3 N–H and O–H groups in total. The molecule has 5 heteroatoms. The van der Waals surface area contributed by atoms with E-state index >= 15 is 0 Å². The van der Waals surface area contributed by atoms with Gasteiger partial charge in [0.2, 0.25) is 0 Å². The molecule has 5 nitrogen and oxygen atoms in total. The van der Waals surface area contributed by atoms with Crippen molar-refractivity contribution in [2.24, 2.45) is 5.73 Å². The molecule has 0 saturated carbocycles. The number of hydrogen-bond donors (Lipinski definition) is 2. The van der Waals surface area contributed by atoms with Crippen molar-refractivity contribution in [3.63, 3.8) is 0 Å². The molecule has 15 heavy (non-hydrogen) atoms. The summed E-state index contributed by atoms with van der Waals surface area (Å²) >= 11 is 0. The highest BCUT2D eigenvalue weighted by molar-refractivity contribution is 5.99. The minimum atomic E-state index is -0.607. The molecule has 0 spiro atoms. The molecule has 1 amide bonds. The quantitative estimate of drug-likeness (QED) is 0.210. The molecule has 0 aromatic carbocycles. The second kappa shape index (κ2) is 7.41. The van der Waals surface area contributed by atoms with Gasteiger partial charge in [-0.1, -0.05) is 12.7 Å². The van der Waals surface area contributed by atoms with Crippen LogP contribution >= 0.6 is 0 Å². The van der Waals surface area contributed by atoms with Gasteiger partial charge in [-0.2, -0.15) is 0 Å². The van der Waals surface area contributed by atoms with Gasteiger partial charge >= 0.3 is 0 Å². The van der Waals surface area contributed by atoms with Crippen LogP contribution in [0.1, 0.15) is 6.42 Å². The van der Waals surface area contributed by atoms with Gasteiger partial charge in [-0.3, -0.25) is 4.79 Å². The Morgan fingerprint density at radius 1 is 1.67 bits per heavy atom. The average Bonchev–Trinajstić information content (AvgIpc) is 2.26. The Morgan fingerprint density at radius 2 is 2.33 bits per heavy atom. The zero-order valence-electron chi connectivity index (χ0n) is 8.58. The molecular weight excluding hydrogens is 196 g/mol. The van der Waals surface area contributed by atoms with Crippen LogP contribution in [0.15, 0.2) is 30.2 Å². The molecule has 0 aliphatic rings. The lowest BCUT2D eigenvalue weighted by Crippen LogP contribution is -2.29. The van der Waals surface area contributed by atoms with Gasteiger partial charge in [-0.25, -0.2) is 4.79 Å². The van der Waals surface area contributed by atoms with Gasteiger partial charge in [-0.15, -0.1) is 0 Å². The third-order valence-corrected chi connectivity index (χ3v) is 1.52. The van der Waals surface area contributed by atoms with Crippen LogP contribution in [-0.4, -0.2) is 25.5 Å². The Labute approximate surface area is 88.3 Å². The summed E-state index contributed by atoms with van der Waals surface area (Å²) in [7, 11) is 1.52. The van der Waals surface area contributed by atoms with E-state index < -0.39 is 11.6 Å². The van der Waals surface area contributed by atoms with Crippen LogP contribution in [0.25, 0.3) is 0 Å². The Bertz CT molecular complexity index is 315. The van der Waals surface area contributed by atoms with Gasteiger partial charge in [-0.05, 0) is 12.5 Å². The normalized spacial score (nSPS) is 9.40. The molecule has 0 aromatic rings. The fourth-order valence-electron chi connectivity index (χ4n) is 0.693. The molecule has 0 saturated heterocycles. The van der Waals surface area contributed by atoms with Gasteiger partial charge in [0.05, 0.1) is 7.11 Å². The first kappa shape index (κ1) is 13.0. The summed E-state index contributed by atoms with van der Waals surface area (Å²) in [5, 5.41) is 2.44. The highest BCUT2D eigenvalue weighted by atomic mass is 16.5. The van der Waals surface area contributed by atoms with Crippen LogP contribution in [0.4, 0.5) is 0 Å². The fourth-order valence-corrected chi connectivity index (χ4v) is 0.693. The van der Waals surface area contributed by atoms with Crippen molar-refractivity contribution < 1.29 is 14.3 Å². The standard InChI is InChI=1S/C10H14N2O3/c1-8(15-2)5-3-4-6-12-10(14)9(11)7-13/h3,5H,1,4,6,11H2,2H3,(H,12,14)/b5-3+. The van der Waals surface area contributed by atoms with E-state index in [0.717, 1.165) is 0 Å². The molecule has 0 bridgehead atoms. The lowest BCUT2D eigenvalue weighted by molar-refractivity contribution is -0.117. The van der Waals surface area contributed by atoms with Gasteiger partial charge < -0.3 is 15.8 Å². The first-order valence-corrected chi connectivity index (χ1v) is 4.30. The van der Waals surface area contributed by atoms with E-state index in [1.807, 2.05) is 0 Å². The highest BCUT2D eigenvalue weighted by Crippen LogP contribution is 1.93. The Kier molecular flexibility index (Phi) is 6.42. The van der Waals surface area contributed by atoms with E-state index in [0.29, 0.717) is 18.7 Å². The molecular formula is C10H14N2O3.